The summed E-state index contributed by atoms with van der Waals surface area (Å²) >= 11 is 0. The van der Waals surface area contributed by atoms with Crippen LogP contribution in [0, 0.1) is 11.8 Å². The van der Waals surface area contributed by atoms with Crippen LogP contribution in [0.1, 0.15) is 66.2 Å². The zero-order valence-corrected chi connectivity index (χ0v) is 25.1. The van der Waals surface area contributed by atoms with Gasteiger partial charge in [-0.3, -0.25) is 24.0 Å². The minimum Gasteiger partial charge on any atom is -0.379 e. The van der Waals surface area contributed by atoms with Gasteiger partial charge in [0, 0.05) is 63.8 Å². The molecule has 1 atom stereocenters. The van der Waals surface area contributed by atoms with Gasteiger partial charge in [0.05, 0.1) is 33.0 Å². The maximum absolute atomic E-state index is 11.9. The van der Waals surface area contributed by atoms with E-state index in [2.05, 4.69) is 21.3 Å². The van der Waals surface area contributed by atoms with E-state index in [1.165, 1.54) is 0 Å². The van der Waals surface area contributed by atoms with Crippen LogP contribution in [-0.2, 0) is 38.2 Å². The Hall–Kier alpha value is -2.41. The molecule has 0 rings (SSSR count). The normalized spacial score (nSPS) is 12.7. The topological polar surface area (TPSA) is 161 Å². The maximum atomic E-state index is 11.9. The number of Topliss-reactive ketones (excluding diaryl/α,β-unsaturated/α-hetero) is 2. The molecule has 0 aromatic heterocycles. The number of hydrogen-bond acceptors (Lipinski definition) is 9. The molecule has 0 heterocycles. The van der Waals surface area contributed by atoms with Gasteiger partial charge in [0.15, 0.2) is 0 Å². The fraction of sp³-hybridized carbons (Fsp3) is 0.821. The molecule has 0 aliphatic rings. The third-order valence-corrected chi connectivity index (χ3v) is 6.09. The van der Waals surface area contributed by atoms with Crippen LogP contribution in [0.15, 0.2) is 0 Å². The second-order valence-corrected chi connectivity index (χ2v) is 10.5. The summed E-state index contributed by atoms with van der Waals surface area (Å²) in [5, 5.41) is 11.3. The van der Waals surface area contributed by atoms with Gasteiger partial charge < -0.3 is 35.5 Å². The lowest BCUT2D eigenvalue weighted by Gasteiger charge is -2.32. The first-order valence-electron chi connectivity index (χ1n) is 14.2. The largest absolute Gasteiger partial charge is 0.379 e. The number of amides is 3. The molecule has 0 aromatic carbocycles. The summed E-state index contributed by atoms with van der Waals surface area (Å²) < 4.78 is 17.3. The lowest BCUT2D eigenvalue weighted by atomic mass is 10.0. The zero-order chi connectivity index (χ0) is 30.2. The average Bonchev–Trinajstić information content (AvgIpc) is 2.91. The summed E-state index contributed by atoms with van der Waals surface area (Å²) in [7, 11) is 1.80. The molecule has 232 valence electrons. The van der Waals surface area contributed by atoms with Gasteiger partial charge in [-0.25, -0.2) is 0 Å². The molecule has 1 unspecified atom stereocenters. The molecular weight excluding hydrogens is 520 g/mol. The standard InChI is InChI=1S/C28H52N4O8/c1-22(2)24(34)8-9-26(36)30-12-6-7-15-38-18-28(32-21-33,19-39-16-10-25(35)23(3)4)20-40-17-11-27(37)31-14-13-29-5/h21-23,29H,6-20H2,1-5H3,(H,30,36)(H,31,37)(H,32,33). The van der Waals surface area contributed by atoms with Gasteiger partial charge in [-0.2, -0.15) is 0 Å². The summed E-state index contributed by atoms with van der Waals surface area (Å²) in [6.45, 7) is 9.91. The Labute approximate surface area is 239 Å². The van der Waals surface area contributed by atoms with Crippen LogP contribution in [0.4, 0.5) is 0 Å². The molecule has 0 aliphatic heterocycles. The maximum Gasteiger partial charge on any atom is 0.222 e. The highest BCUT2D eigenvalue weighted by molar-refractivity contribution is 5.85. The number of unbranched alkanes of at least 4 members (excludes halogenated alkanes) is 1. The van der Waals surface area contributed by atoms with Crippen molar-refractivity contribution in [1.29, 1.82) is 0 Å². The number of carbonyl (C=O) groups is 5. The van der Waals surface area contributed by atoms with Crippen LogP contribution in [-0.4, -0.2) is 102 Å². The third-order valence-electron chi connectivity index (χ3n) is 6.09. The number of likely N-dealkylation sites (N-methyl/N-ethyl adjacent to an activating group) is 1. The number of hydrogen-bond donors (Lipinski definition) is 4. The van der Waals surface area contributed by atoms with Crippen molar-refractivity contribution in [2.75, 3.05) is 66.3 Å². The third kappa shape index (κ3) is 19.6. The Morgan fingerprint density at radius 2 is 1.20 bits per heavy atom. The quantitative estimate of drug-likeness (QED) is 0.0823. The first kappa shape index (κ1) is 37.6. The van der Waals surface area contributed by atoms with E-state index in [4.69, 9.17) is 14.2 Å². The Morgan fingerprint density at radius 3 is 1.77 bits per heavy atom. The number of ether oxygens (including phenoxy) is 3. The van der Waals surface area contributed by atoms with Crippen molar-refractivity contribution in [3.05, 3.63) is 0 Å². The van der Waals surface area contributed by atoms with E-state index in [9.17, 15) is 24.0 Å². The van der Waals surface area contributed by atoms with Gasteiger partial charge >= 0.3 is 0 Å². The van der Waals surface area contributed by atoms with Gasteiger partial charge in [0.1, 0.15) is 17.1 Å². The van der Waals surface area contributed by atoms with E-state index in [1.807, 2.05) is 27.7 Å². The highest BCUT2D eigenvalue weighted by atomic mass is 16.5. The van der Waals surface area contributed by atoms with Crippen molar-refractivity contribution in [2.45, 2.75) is 71.8 Å². The second-order valence-electron chi connectivity index (χ2n) is 10.5. The molecule has 0 aliphatic carbocycles. The Morgan fingerprint density at radius 1 is 0.675 bits per heavy atom. The molecule has 0 bridgehead atoms. The van der Waals surface area contributed by atoms with Gasteiger partial charge in [-0.05, 0) is 19.9 Å². The number of nitrogens with one attached hydrogen (secondary N) is 4. The van der Waals surface area contributed by atoms with E-state index in [-0.39, 0.29) is 93.9 Å². The molecule has 0 fully saturated rings. The van der Waals surface area contributed by atoms with E-state index in [0.29, 0.717) is 45.5 Å². The van der Waals surface area contributed by atoms with Crippen LogP contribution in [0.3, 0.4) is 0 Å². The van der Waals surface area contributed by atoms with E-state index < -0.39 is 5.54 Å². The van der Waals surface area contributed by atoms with Crippen LogP contribution < -0.4 is 21.3 Å². The van der Waals surface area contributed by atoms with Gasteiger partial charge in [0.2, 0.25) is 18.2 Å². The molecule has 4 N–H and O–H groups in total. The molecule has 0 saturated carbocycles. The van der Waals surface area contributed by atoms with E-state index in [1.54, 1.807) is 7.05 Å². The van der Waals surface area contributed by atoms with Crippen molar-refractivity contribution >= 4 is 29.8 Å². The summed E-state index contributed by atoms with van der Waals surface area (Å²) in [6, 6.07) is 0. The molecule has 0 aromatic rings. The van der Waals surface area contributed by atoms with Gasteiger partial charge in [0.25, 0.3) is 0 Å². The fourth-order valence-corrected chi connectivity index (χ4v) is 3.39. The SMILES string of the molecule is CNCCNC(=O)CCOCC(COCCCCNC(=O)CCC(=O)C(C)C)(COCCC(=O)C(C)C)NC=O. The fourth-order valence-electron chi connectivity index (χ4n) is 3.39. The number of carbonyl (C=O) groups excluding carboxylic acids is 5. The lowest BCUT2D eigenvalue weighted by Crippen LogP contribution is -2.56. The van der Waals surface area contributed by atoms with Gasteiger partial charge in [-0.1, -0.05) is 27.7 Å². The second kappa shape index (κ2) is 23.3. The van der Waals surface area contributed by atoms with Crippen molar-refractivity contribution in [3.63, 3.8) is 0 Å². The van der Waals surface area contributed by atoms with E-state index >= 15 is 0 Å². The monoisotopic (exact) mass is 572 g/mol. The molecule has 3 amide bonds. The molecule has 12 heteroatoms. The predicted octanol–water partition coefficient (Wildman–Crippen LogP) is 0.764. The van der Waals surface area contributed by atoms with Crippen LogP contribution in [0.2, 0.25) is 0 Å². The van der Waals surface area contributed by atoms with Crippen LogP contribution in [0.5, 0.6) is 0 Å². The van der Waals surface area contributed by atoms with Crippen LogP contribution in [0.25, 0.3) is 0 Å². The minimum atomic E-state index is -0.998. The zero-order valence-electron chi connectivity index (χ0n) is 25.1. The highest BCUT2D eigenvalue weighted by Gasteiger charge is 2.31. The van der Waals surface area contributed by atoms with E-state index in [0.717, 1.165) is 0 Å². The van der Waals surface area contributed by atoms with Gasteiger partial charge in [-0.15, -0.1) is 0 Å². The minimum absolute atomic E-state index is 0.0544. The average molecular weight is 573 g/mol. The summed E-state index contributed by atoms with van der Waals surface area (Å²) in [4.78, 5) is 58.8. The van der Waals surface area contributed by atoms with Crippen molar-refractivity contribution in [2.24, 2.45) is 11.8 Å². The number of ketones is 2. The van der Waals surface area contributed by atoms with Crippen molar-refractivity contribution < 1.29 is 38.2 Å². The molecule has 0 radical (unpaired) electrons. The van der Waals surface area contributed by atoms with Crippen LogP contribution >= 0.6 is 0 Å². The predicted molar refractivity (Wildman–Crippen MR) is 152 cm³/mol. The summed E-state index contributed by atoms with van der Waals surface area (Å²) in [5.74, 6) is -0.281. The molecule has 12 nitrogen and oxygen atoms in total. The Bertz CT molecular complexity index is 748. The highest BCUT2D eigenvalue weighted by Crippen LogP contribution is 2.10. The molecular formula is C28H52N4O8. The Kier molecular flexibility index (Phi) is 21.9. The van der Waals surface area contributed by atoms with Crippen molar-refractivity contribution in [1.82, 2.24) is 21.3 Å². The molecule has 0 spiro atoms. The number of rotatable bonds is 27. The molecule has 0 saturated heterocycles. The molecule has 40 heavy (non-hydrogen) atoms. The first-order valence-corrected chi connectivity index (χ1v) is 14.2. The summed E-state index contributed by atoms with van der Waals surface area (Å²) in [5.41, 5.74) is -0.998. The summed E-state index contributed by atoms with van der Waals surface area (Å²) in [6.07, 6.45) is 2.77. The Balaban J connectivity index is 4.66. The smallest absolute Gasteiger partial charge is 0.222 e. The first-order chi connectivity index (χ1) is 19.1. The van der Waals surface area contributed by atoms with Crippen molar-refractivity contribution in [3.8, 4) is 0 Å². The lowest BCUT2D eigenvalue weighted by molar-refractivity contribution is -0.126.